The number of carbonyl (C=O) groups is 2. The number of ketones is 2. The highest BCUT2D eigenvalue weighted by atomic mass is 79.9. The van der Waals surface area contributed by atoms with Crippen molar-refractivity contribution in [2.24, 2.45) is 0 Å². The van der Waals surface area contributed by atoms with Crippen LogP contribution in [-0.4, -0.2) is 11.6 Å². The topological polar surface area (TPSA) is 34.1 Å². The van der Waals surface area contributed by atoms with Gasteiger partial charge < -0.3 is 0 Å². The molecule has 0 saturated heterocycles. The second-order valence-electron chi connectivity index (χ2n) is 3.63. The predicted molar refractivity (Wildman–Crippen MR) is 76.9 cm³/mol. The number of hydrogen-bond acceptors (Lipinski definition) is 2. The normalized spacial score (nSPS) is 10.1. The Bertz CT molecular complexity index is 606. The summed E-state index contributed by atoms with van der Waals surface area (Å²) in [7, 11) is 0. The number of carbonyl (C=O) groups excluding carboxylic acids is 2. The van der Waals surface area contributed by atoms with E-state index in [1.807, 2.05) is 0 Å². The van der Waals surface area contributed by atoms with Gasteiger partial charge in [0.15, 0.2) is 0 Å². The molecule has 0 N–H and O–H groups in total. The lowest BCUT2D eigenvalue weighted by Crippen LogP contribution is -2.15. The Kier molecular flexibility index (Phi) is 4.09. The molecule has 2 aromatic rings. The van der Waals surface area contributed by atoms with Gasteiger partial charge in [-0.15, -0.1) is 0 Å². The van der Waals surface area contributed by atoms with Crippen LogP contribution in [0.3, 0.4) is 0 Å². The summed E-state index contributed by atoms with van der Waals surface area (Å²) in [6.45, 7) is 0. The molecule has 0 bridgehead atoms. The van der Waals surface area contributed by atoms with E-state index < -0.39 is 11.6 Å². The molecule has 0 aromatic heterocycles. The van der Waals surface area contributed by atoms with E-state index in [0.29, 0.717) is 15.6 Å². The number of hydrogen-bond donors (Lipinski definition) is 0. The van der Waals surface area contributed by atoms with Crippen LogP contribution in [0.4, 0.5) is 0 Å². The van der Waals surface area contributed by atoms with Crippen molar-refractivity contribution in [3.63, 3.8) is 0 Å². The first-order valence-corrected chi connectivity index (χ1v) is 6.78. The second kappa shape index (κ2) is 5.59. The van der Waals surface area contributed by atoms with Crippen LogP contribution in [0.5, 0.6) is 0 Å². The van der Waals surface area contributed by atoms with Crippen LogP contribution in [0.2, 0.25) is 0 Å². The Morgan fingerprint density at radius 2 is 1.44 bits per heavy atom. The maximum atomic E-state index is 12.1. The van der Waals surface area contributed by atoms with Gasteiger partial charge in [0, 0.05) is 20.1 Å². The lowest BCUT2D eigenvalue weighted by molar-refractivity contribution is 0.0816. The number of halogens is 2. The molecule has 0 aliphatic carbocycles. The molecule has 0 unspecified atom stereocenters. The zero-order valence-electron chi connectivity index (χ0n) is 9.19. The summed E-state index contributed by atoms with van der Waals surface area (Å²) in [4.78, 5) is 24.1. The zero-order chi connectivity index (χ0) is 13.1. The fourth-order valence-electron chi connectivity index (χ4n) is 1.52. The summed E-state index contributed by atoms with van der Waals surface area (Å²) >= 11 is 6.61. The Morgan fingerprint density at radius 3 is 2.11 bits per heavy atom. The zero-order valence-corrected chi connectivity index (χ0v) is 12.4. The number of rotatable bonds is 3. The van der Waals surface area contributed by atoms with Crippen molar-refractivity contribution in [1.29, 1.82) is 0 Å². The third-order valence-electron chi connectivity index (χ3n) is 2.44. The molecule has 0 heterocycles. The number of Topliss-reactive ketones (excluding diaryl/α,β-unsaturated/α-hetero) is 2. The molecular weight excluding hydrogens is 360 g/mol. The van der Waals surface area contributed by atoms with E-state index >= 15 is 0 Å². The minimum absolute atomic E-state index is 0.359. The first-order chi connectivity index (χ1) is 8.61. The van der Waals surface area contributed by atoms with Gasteiger partial charge in [0.1, 0.15) is 0 Å². The SMILES string of the molecule is O=C(C(=O)c1cccc(Br)c1Br)c1ccccc1. The lowest BCUT2D eigenvalue weighted by Gasteiger charge is -2.04. The van der Waals surface area contributed by atoms with Crippen LogP contribution in [-0.2, 0) is 0 Å². The molecule has 0 fully saturated rings. The van der Waals surface area contributed by atoms with Gasteiger partial charge in [-0.2, -0.15) is 0 Å². The second-order valence-corrected chi connectivity index (χ2v) is 5.27. The van der Waals surface area contributed by atoms with Gasteiger partial charge in [0.25, 0.3) is 0 Å². The van der Waals surface area contributed by atoms with E-state index in [0.717, 1.165) is 4.47 Å². The summed E-state index contributed by atoms with van der Waals surface area (Å²) in [6, 6.07) is 13.7. The van der Waals surface area contributed by atoms with E-state index in [1.54, 1.807) is 48.5 Å². The molecule has 0 aliphatic heterocycles. The first-order valence-electron chi connectivity index (χ1n) is 5.19. The van der Waals surface area contributed by atoms with Crippen LogP contribution in [0.1, 0.15) is 20.7 Å². The summed E-state index contributed by atoms with van der Waals surface area (Å²) < 4.78 is 1.34. The quantitative estimate of drug-likeness (QED) is 0.599. The minimum Gasteiger partial charge on any atom is -0.285 e. The van der Waals surface area contributed by atoms with Crippen molar-refractivity contribution in [3.8, 4) is 0 Å². The first kappa shape index (κ1) is 13.2. The van der Waals surface area contributed by atoms with Crippen molar-refractivity contribution in [1.82, 2.24) is 0 Å². The molecule has 0 saturated carbocycles. The largest absolute Gasteiger partial charge is 0.285 e. The van der Waals surface area contributed by atoms with Crippen LogP contribution >= 0.6 is 31.9 Å². The molecule has 0 amide bonds. The Hall–Kier alpha value is -1.26. The van der Waals surface area contributed by atoms with Crippen LogP contribution in [0.25, 0.3) is 0 Å². The van der Waals surface area contributed by atoms with E-state index in [2.05, 4.69) is 31.9 Å². The predicted octanol–water partition coefficient (Wildman–Crippen LogP) is 4.28. The average Bonchev–Trinajstić information content (AvgIpc) is 2.41. The highest BCUT2D eigenvalue weighted by Crippen LogP contribution is 2.27. The number of benzene rings is 2. The monoisotopic (exact) mass is 366 g/mol. The summed E-state index contributed by atoms with van der Waals surface area (Å²) in [5.74, 6) is -1.02. The van der Waals surface area contributed by atoms with Gasteiger partial charge in [-0.25, -0.2) is 0 Å². The van der Waals surface area contributed by atoms with Gasteiger partial charge in [-0.3, -0.25) is 9.59 Å². The van der Waals surface area contributed by atoms with Gasteiger partial charge >= 0.3 is 0 Å². The van der Waals surface area contributed by atoms with Crippen LogP contribution in [0, 0.1) is 0 Å². The molecule has 90 valence electrons. The van der Waals surface area contributed by atoms with Crippen LogP contribution < -0.4 is 0 Å². The van der Waals surface area contributed by atoms with E-state index in [-0.39, 0.29) is 0 Å². The highest BCUT2D eigenvalue weighted by Gasteiger charge is 2.20. The molecular formula is C14H8Br2O2. The Balaban J connectivity index is 2.38. The van der Waals surface area contributed by atoms with Crippen molar-refractivity contribution < 1.29 is 9.59 Å². The molecule has 0 spiro atoms. The lowest BCUT2D eigenvalue weighted by atomic mass is 10.0. The van der Waals surface area contributed by atoms with Crippen molar-refractivity contribution in [2.75, 3.05) is 0 Å². The van der Waals surface area contributed by atoms with Gasteiger partial charge in [0.2, 0.25) is 11.6 Å². The van der Waals surface area contributed by atoms with Gasteiger partial charge in [-0.1, -0.05) is 36.4 Å². The molecule has 2 nitrogen and oxygen atoms in total. The highest BCUT2D eigenvalue weighted by molar-refractivity contribution is 9.13. The standard InChI is InChI=1S/C14H8Br2O2/c15-11-8-4-7-10(12(11)16)14(18)13(17)9-5-2-1-3-6-9/h1-8H. The molecule has 0 aliphatic rings. The maximum Gasteiger partial charge on any atom is 0.234 e. The molecule has 18 heavy (non-hydrogen) atoms. The summed E-state index contributed by atoms with van der Waals surface area (Å²) in [5.41, 5.74) is 0.757. The summed E-state index contributed by atoms with van der Waals surface area (Å²) in [5, 5.41) is 0. The van der Waals surface area contributed by atoms with E-state index in [4.69, 9.17) is 0 Å². The maximum absolute atomic E-state index is 12.1. The Morgan fingerprint density at radius 1 is 0.778 bits per heavy atom. The smallest absolute Gasteiger partial charge is 0.234 e. The minimum atomic E-state index is -0.519. The molecule has 4 heteroatoms. The van der Waals surface area contributed by atoms with Gasteiger partial charge in [0.05, 0.1) is 0 Å². The van der Waals surface area contributed by atoms with E-state index in [1.165, 1.54) is 0 Å². The third kappa shape index (κ3) is 2.60. The van der Waals surface area contributed by atoms with Gasteiger partial charge in [-0.05, 0) is 44.0 Å². The van der Waals surface area contributed by atoms with E-state index in [9.17, 15) is 9.59 Å². The van der Waals surface area contributed by atoms with Crippen molar-refractivity contribution >= 4 is 43.4 Å². The third-order valence-corrected chi connectivity index (χ3v) is 4.49. The molecule has 0 atom stereocenters. The molecule has 0 radical (unpaired) electrons. The molecule has 2 rings (SSSR count). The summed E-state index contributed by atoms with van der Waals surface area (Å²) in [6.07, 6.45) is 0. The van der Waals surface area contributed by atoms with Crippen LogP contribution in [0.15, 0.2) is 57.5 Å². The fourth-order valence-corrected chi connectivity index (χ4v) is 2.33. The van der Waals surface area contributed by atoms with Crippen molar-refractivity contribution in [2.45, 2.75) is 0 Å². The fraction of sp³-hybridized carbons (Fsp3) is 0. The average molecular weight is 368 g/mol. The molecule has 2 aromatic carbocycles. The Labute approximate surface area is 121 Å². The van der Waals surface area contributed by atoms with Crippen molar-refractivity contribution in [3.05, 3.63) is 68.6 Å².